The first-order chi connectivity index (χ1) is 10.1. The second kappa shape index (κ2) is 5.34. The zero-order valence-corrected chi connectivity index (χ0v) is 12.8. The van der Waals surface area contributed by atoms with Crippen LogP contribution >= 0.6 is 15.9 Å². The molecule has 0 aliphatic rings. The molecular formula is C14H13BrN4O2. The van der Waals surface area contributed by atoms with Crippen molar-refractivity contribution in [2.75, 3.05) is 0 Å². The van der Waals surface area contributed by atoms with Gasteiger partial charge in [-0.2, -0.15) is 0 Å². The summed E-state index contributed by atoms with van der Waals surface area (Å²) in [4.78, 5) is 11.4. The number of benzene rings is 1. The second-order valence-electron chi connectivity index (χ2n) is 4.65. The first kappa shape index (κ1) is 13.8. The summed E-state index contributed by atoms with van der Waals surface area (Å²) in [5, 5.41) is 4.84. The summed E-state index contributed by atoms with van der Waals surface area (Å²) in [6.07, 6.45) is 0. The summed E-state index contributed by atoms with van der Waals surface area (Å²) in [7, 11) is 0. The molecule has 2 aromatic heterocycles. The number of carbonyl (C=O) groups is 1. The van der Waals surface area contributed by atoms with E-state index in [-0.39, 0.29) is 5.69 Å². The van der Waals surface area contributed by atoms with Crippen molar-refractivity contribution in [1.82, 2.24) is 15.1 Å². The van der Waals surface area contributed by atoms with Crippen LogP contribution < -0.4 is 11.3 Å². The van der Waals surface area contributed by atoms with Crippen LogP contribution in [0, 0.1) is 6.92 Å². The molecule has 3 N–H and O–H groups in total. The van der Waals surface area contributed by atoms with Gasteiger partial charge in [-0.05, 0) is 28.9 Å². The third kappa shape index (κ3) is 2.34. The maximum Gasteiger partial charge on any atom is 0.287 e. The Hall–Kier alpha value is -2.12. The van der Waals surface area contributed by atoms with E-state index in [1.165, 1.54) is 0 Å². The van der Waals surface area contributed by atoms with Gasteiger partial charge in [0.25, 0.3) is 5.91 Å². The van der Waals surface area contributed by atoms with Gasteiger partial charge in [0.1, 0.15) is 0 Å². The molecule has 108 valence electrons. The number of carbonyl (C=O) groups excluding carboxylic acids is 1. The van der Waals surface area contributed by atoms with Crippen molar-refractivity contribution >= 4 is 32.7 Å². The molecule has 0 unspecified atom stereocenters. The molecule has 6 nitrogen and oxygen atoms in total. The molecular weight excluding hydrogens is 336 g/mol. The van der Waals surface area contributed by atoms with Crippen molar-refractivity contribution in [3.8, 4) is 0 Å². The number of nitrogens with zero attached hydrogens (tertiary/aromatic N) is 2. The smallest absolute Gasteiger partial charge is 0.287 e. The highest BCUT2D eigenvalue weighted by molar-refractivity contribution is 9.10. The number of aromatic nitrogens is 2. The van der Waals surface area contributed by atoms with Gasteiger partial charge < -0.3 is 9.09 Å². The Morgan fingerprint density at radius 3 is 3.00 bits per heavy atom. The number of para-hydroxylation sites is 1. The number of nitrogen functional groups attached to an aromatic ring is 1. The van der Waals surface area contributed by atoms with Crippen molar-refractivity contribution < 1.29 is 9.32 Å². The van der Waals surface area contributed by atoms with Crippen LogP contribution in [-0.4, -0.2) is 15.6 Å². The number of amides is 1. The molecule has 3 rings (SSSR count). The van der Waals surface area contributed by atoms with Gasteiger partial charge in [-0.25, -0.2) is 5.84 Å². The highest BCUT2D eigenvalue weighted by Crippen LogP contribution is 2.31. The van der Waals surface area contributed by atoms with Gasteiger partial charge in [0.2, 0.25) is 0 Å². The number of nitrogens with two attached hydrogens (primary N) is 1. The van der Waals surface area contributed by atoms with Crippen molar-refractivity contribution in [3.05, 3.63) is 52.0 Å². The van der Waals surface area contributed by atoms with Gasteiger partial charge in [-0.1, -0.05) is 23.4 Å². The lowest BCUT2D eigenvalue weighted by atomic mass is 10.2. The van der Waals surface area contributed by atoms with Crippen molar-refractivity contribution in [2.24, 2.45) is 5.84 Å². The van der Waals surface area contributed by atoms with Crippen LogP contribution in [0.1, 0.15) is 21.9 Å². The molecule has 1 amide bonds. The lowest BCUT2D eigenvalue weighted by Gasteiger charge is -2.05. The predicted molar refractivity (Wildman–Crippen MR) is 81.6 cm³/mol. The van der Waals surface area contributed by atoms with Gasteiger partial charge in [0.15, 0.2) is 11.5 Å². The molecule has 0 radical (unpaired) electrons. The van der Waals surface area contributed by atoms with Gasteiger partial charge in [0, 0.05) is 27.1 Å². The number of rotatable bonds is 3. The summed E-state index contributed by atoms with van der Waals surface area (Å²) in [5.41, 5.74) is 4.36. The molecule has 0 aliphatic heterocycles. The Morgan fingerprint density at radius 2 is 2.24 bits per heavy atom. The molecule has 2 heterocycles. The number of fused-ring (bicyclic) bond motifs is 1. The minimum atomic E-state index is -0.472. The number of hydrogen-bond donors (Lipinski definition) is 2. The largest absolute Gasteiger partial charge is 0.359 e. The second-order valence-corrected chi connectivity index (χ2v) is 5.45. The van der Waals surface area contributed by atoms with Crippen LogP contribution in [0.25, 0.3) is 10.9 Å². The standard InChI is InChI=1S/C14H13BrN4O2/c1-8-13(15)10-4-2-3-5-12(10)19(8)7-9-6-11(18-21-9)14(20)17-16/h2-6H,7,16H2,1H3,(H,17,20). The monoisotopic (exact) mass is 348 g/mol. The van der Waals surface area contributed by atoms with E-state index in [1.54, 1.807) is 6.07 Å². The van der Waals surface area contributed by atoms with E-state index >= 15 is 0 Å². The quantitative estimate of drug-likeness (QED) is 0.432. The molecule has 0 bridgehead atoms. The fraction of sp³-hybridized carbons (Fsp3) is 0.143. The molecule has 0 saturated heterocycles. The molecule has 0 aliphatic carbocycles. The first-order valence-electron chi connectivity index (χ1n) is 6.31. The van der Waals surface area contributed by atoms with E-state index in [0.29, 0.717) is 12.3 Å². The van der Waals surface area contributed by atoms with Crippen LogP contribution in [0.2, 0.25) is 0 Å². The normalized spacial score (nSPS) is 11.0. The minimum Gasteiger partial charge on any atom is -0.359 e. The van der Waals surface area contributed by atoms with E-state index in [1.807, 2.05) is 30.5 Å². The molecule has 0 atom stereocenters. The molecule has 0 saturated carbocycles. The summed E-state index contributed by atoms with van der Waals surface area (Å²) < 4.78 is 8.36. The average Bonchev–Trinajstić information content (AvgIpc) is 3.07. The van der Waals surface area contributed by atoms with E-state index in [4.69, 9.17) is 10.4 Å². The van der Waals surface area contributed by atoms with Gasteiger partial charge in [-0.3, -0.25) is 10.2 Å². The SMILES string of the molecule is Cc1c(Br)c2ccccc2n1Cc1cc(C(=O)NN)no1. The Morgan fingerprint density at radius 1 is 1.48 bits per heavy atom. The number of halogens is 1. The van der Waals surface area contributed by atoms with Crippen LogP contribution in [0.15, 0.2) is 39.3 Å². The maximum absolute atomic E-state index is 11.4. The Bertz CT molecular complexity index is 822. The van der Waals surface area contributed by atoms with E-state index in [9.17, 15) is 4.79 Å². The highest BCUT2D eigenvalue weighted by atomic mass is 79.9. The fourth-order valence-electron chi connectivity index (χ4n) is 2.32. The van der Waals surface area contributed by atoms with Gasteiger partial charge in [0.05, 0.1) is 6.54 Å². The topological polar surface area (TPSA) is 86.1 Å². The summed E-state index contributed by atoms with van der Waals surface area (Å²) >= 11 is 3.61. The number of nitrogens with one attached hydrogen (secondary N) is 1. The summed E-state index contributed by atoms with van der Waals surface area (Å²) in [6, 6.07) is 9.66. The Kier molecular flexibility index (Phi) is 3.52. The number of hydrazine groups is 1. The molecule has 3 aromatic rings. The van der Waals surface area contributed by atoms with Crippen molar-refractivity contribution in [2.45, 2.75) is 13.5 Å². The third-order valence-corrected chi connectivity index (χ3v) is 4.39. The van der Waals surface area contributed by atoms with Crippen LogP contribution in [0.4, 0.5) is 0 Å². The molecule has 0 fully saturated rings. The zero-order chi connectivity index (χ0) is 15.0. The van der Waals surface area contributed by atoms with Gasteiger partial charge in [-0.15, -0.1) is 0 Å². The number of hydrogen-bond acceptors (Lipinski definition) is 4. The zero-order valence-electron chi connectivity index (χ0n) is 11.3. The highest BCUT2D eigenvalue weighted by Gasteiger charge is 2.15. The van der Waals surface area contributed by atoms with Crippen LogP contribution in [0.3, 0.4) is 0 Å². The molecule has 1 aromatic carbocycles. The lowest BCUT2D eigenvalue weighted by molar-refractivity contribution is 0.0944. The third-order valence-electron chi connectivity index (χ3n) is 3.39. The van der Waals surface area contributed by atoms with Crippen molar-refractivity contribution in [1.29, 1.82) is 0 Å². The van der Waals surface area contributed by atoms with E-state index in [2.05, 4.69) is 31.7 Å². The van der Waals surface area contributed by atoms with E-state index in [0.717, 1.165) is 21.1 Å². The average molecular weight is 349 g/mol. The molecule has 0 spiro atoms. The van der Waals surface area contributed by atoms with Gasteiger partial charge >= 0.3 is 0 Å². The summed E-state index contributed by atoms with van der Waals surface area (Å²) in [6.45, 7) is 2.51. The summed E-state index contributed by atoms with van der Waals surface area (Å²) in [5.74, 6) is 5.19. The van der Waals surface area contributed by atoms with Crippen LogP contribution in [0.5, 0.6) is 0 Å². The molecule has 21 heavy (non-hydrogen) atoms. The lowest BCUT2D eigenvalue weighted by Crippen LogP contribution is -2.30. The minimum absolute atomic E-state index is 0.167. The van der Waals surface area contributed by atoms with Crippen LogP contribution in [-0.2, 0) is 6.54 Å². The Balaban J connectivity index is 2.00. The predicted octanol–water partition coefficient (Wildman–Crippen LogP) is 2.35. The van der Waals surface area contributed by atoms with E-state index < -0.39 is 5.91 Å². The fourth-order valence-corrected chi connectivity index (χ4v) is 2.87. The molecule has 7 heteroatoms. The first-order valence-corrected chi connectivity index (χ1v) is 7.11. The maximum atomic E-state index is 11.4. The van der Waals surface area contributed by atoms with Crippen molar-refractivity contribution in [3.63, 3.8) is 0 Å². The Labute approximate surface area is 129 Å².